The number of thioether (sulfide) groups is 1. The van der Waals surface area contributed by atoms with Gasteiger partial charge in [0, 0.05) is 4.90 Å². The van der Waals surface area contributed by atoms with Gasteiger partial charge in [-0.3, -0.25) is 4.79 Å². The average Bonchev–Trinajstić information content (AvgIpc) is 2.76. The number of hydrogen-bond acceptors (Lipinski definition) is 5. The van der Waals surface area contributed by atoms with E-state index in [1.54, 1.807) is 34.6 Å². The molecule has 4 amide bonds. The van der Waals surface area contributed by atoms with Gasteiger partial charge in [-0.05, 0) is 57.5 Å². The minimum absolute atomic E-state index is 0.245. The van der Waals surface area contributed by atoms with Crippen LogP contribution in [0.2, 0.25) is 0 Å². The van der Waals surface area contributed by atoms with Crippen molar-refractivity contribution in [2.75, 3.05) is 5.88 Å². The van der Waals surface area contributed by atoms with Crippen LogP contribution in [0.1, 0.15) is 34.6 Å². The average molecular weight is 401 g/mol. The highest BCUT2D eigenvalue weighted by atomic mass is 32.2. The third kappa shape index (κ3) is 3.85. The Bertz CT molecular complexity index is 949. The van der Waals surface area contributed by atoms with Gasteiger partial charge >= 0.3 is 12.1 Å². The minimum Gasteiger partial charge on any atom is -0.443 e. The number of hydrogen-bond donors (Lipinski definition) is 0. The normalized spacial score (nSPS) is 16.8. The van der Waals surface area contributed by atoms with Crippen LogP contribution in [0.5, 0.6) is 0 Å². The van der Waals surface area contributed by atoms with Gasteiger partial charge in [0.1, 0.15) is 11.1 Å². The van der Waals surface area contributed by atoms with Crippen LogP contribution in [0.3, 0.4) is 0 Å². The molecule has 1 heterocycles. The summed E-state index contributed by atoms with van der Waals surface area (Å²) >= 11 is 1.44. The van der Waals surface area contributed by atoms with Gasteiger partial charge in [-0.1, -0.05) is 30.3 Å². The minimum atomic E-state index is -1.13. The molecule has 0 atom stereocenters. The van der Waals surface area contributed by atoms with Gasteiger partial charge in [-0.25, -0.2) is 9.59 Å². The van der Waals surface area contributed by atoms with Crippen molar-refractivity contribution in [1.29, 1.82) is 0 Å². The first-order valence-electron chi connectivity index (χ1n) is 9.01. The number of rotatable bonds is 3. The molecule has 0 N–H and O–H groups in total. The van der Waals surface area contributed by atoms with Gasteiger partial charge in [-0.2, -0.15) is 4.90 Å². The Kier molecular flexibility index (Phi) is 5.14. The summed E-state index contributed by atoms with van der Waals surface area (Å²) in [6.45, 7) is 8.34. The molecule has 0 bridgehead atoms. The third-order valence-electron chi connectivity index (χ3n) is 4.48. The summed E-state index contributed by atoms with van der Waals surface area (Å²) < 4.78 is 5.23. The standard InChI is InChI=1S/C21H24N2O4S/c1-20(2,3)27-19(26)23-17(24)21(4,5)22(18(23)25)13-28-16-11-10-14-8-6-7-9-15(14)12-16/h6-12H,13H2,1-5H3. The highest BCUT2D eigenvalue weighted by Crippen LogP contribution is 2.33. The Morgan fingerprint density at radius 3 is 2.36 bits per heavy atom. The van der Waals surface area contributed by atoms with Gasteiger partial charge in [0.25, 0.3) is 5.91 Å². The van der Waals surface area contributed by atoms with Crippen LogP contribution in [-0.4, -0.2) is 44.8 Å². The van der Waals surface area contributed by atoms with Crippen molar-refractivity contribution in [2.24, 2.45) is 0 Å². The number of nitrogens with zero attached hydrogens (tertiary/aromatic N) is 2. The van der Waals surface area contributed by atoms with E-state index in [9.17, 15) is 14.4 Å². The lowest BCUT2D eigenvalue weighted by Gasteiger charge is -2.27. The van der Waals surface area contributed by atoms with E-state index in [0.29, 0.717) is 4.90 Å². The molecular formula is C21H24N2O4S. The second-order valence-electron chi connectivity index (χ2n) is 8.17. The van der Waals surface area contributed by atoms with Gasteiger partial charge in [0.2, 0.25) is 0 Å². The Balaban J connectivity index is 1.77. The lowest BCUT2D eigenvalue weighted by molar-refractivity contribution is -0.131. The lowest BCUT2D eigenvalue weighted by atomic mass is 10.1. The summed E-state index contributed by atoms with van der Waals surface area (Å²) in [5.74, 6) is -0.333. The van der Waals surface area contributed by atoms with Crippen LogP contribution in [0.25, 0.3) is 10.8 Å². The molecule has 7 heteroatoms. The molecule has 28 heavy (non-hydrogen) atoms. The monoisotopic (exact) mass is 400 g/mol. The van der Waals surface area contributed by atoms with E-state index in [-0.39, 0.29) is 5.88 Å². The second kappa shape index (κ2) is 7.13. The molecule has 0 spiro atoms. The zero-order valence-electron chi connectivity index (χ0n) is 16.7. The maximum atomic E-state index is 12.8. The molecule has 1 fully saturated rings. The van der Waals surface area contributed by atoms with Crippen molar-refractivity contribution in [3.63, 3.8) is 0 Å². The van der Waals surface area contributed by atoms with Crippen LogP contribution in [0.4, 0.5) is 9.59 Å². The van der Waals surface area contributed by atoms with Crippen molar-refractivity contribution in [2.45, 2.75) is 50.7 Å². The molecule has 1 aliphatic rings. The van der Waals surface area contributed by atoms with E-state index in [2.05, 4.69) is 0 Å². The zero-order valence-corrected chi connectivity index (χ0v) is 17.5. The fourth-order valence-electron chi connectivity index (χ4n) is 2.92. The van der Waals surface area contributed by atoms with E-state index in [1.165, 1.54) is 16.7 Å². The Hall–Kier alpha value is -2.54. The Morgan fingerprint density at radius 1 is 1.07 bits per heavy atom. The molecule has 3 rings (SSSR count). The molecule has 0 saturated carbocycles. The molecule has 0 aliphatic carbocycles. The van der Waals surface area contributed by atoms with Crippen molar-refractivity contribution in [3.8, 4) is 0 Å². The number of urea groups is 1. The zero-order chi connectivity index (χ0) is 20.7. The highest BCUT2D eigenvalue weighted by Gasteiger charge is 2.54. The van der Waals surface area contributed by atoms with Crippen LogP contribution < -0.4 is 0 Å². The summed E-state index contributed by atoms with van der Waals surface area (Å²) in [6.07, 6.45) is -0.936. The molecule has 2 aromatic carbocycles. The van der Waals surface area contributed by atoms with Crippen molar-refractivity contribution in [3.05, 3.63) is 42.5 Å². The summed E-state index contributed by atoms with van der Waals surface area (Å²) in [7, 11) is 0. The fraction of sp³-hybridized carbons (Fsp3) is 0.381. The summed E-state index contributed by atoms with van der Waals surface area (Å²) in [5, 5.41) is 2.24. The van der Waals surface area contributed by atoms with Gasteiger partial charge in [0.05, 0.1) is 5.88 Å². The molecule has 148 valence electrons. The molecule has 1 aliphatic heterocycles. The SMILES string of the molecule is CC(C)(C)OC(=O)N1C(=O)N(CSc2ccc3ccccc3c2)C(C)(C)C1=O. The van der Waals surface area contributed by atoms with Crippen molar-refractivity contribution in [1.82, 2.24) is 9.80 Å². The number of imide groups is 3. The van der Waals surface area contributed by atoms with E-state index < -0.39 is 29.2 Å². The molecule has 0 radical (unpaired) electrons. The first kappa shape index (κ1) is 20.2. The molecule has 0 unspecified atom stereocenters. The second-order valence-corrected chi connectivity index (χ2v) is 9.19. The van der Waals surface area contributed by atoms with E-state index in [0.717, 1.165) is 15.7 Å². The van der Waals surface area contributed by atoms with E-state index >= 15 is 0 Å². The van der Waals surface area contributed by atoms with Crippen LogP contribution >= 0.6 is 11.8 Å². The maximum absolute atomic E-state index is 12.8. The largest absolute Gasteiger partial charge is 0.443 e. The number of carbonyl (C=O) groups excluding carboxylic acids is 3. The van der Waals surface area contributed by atoms with Crippen molar-refractivity contribution < 1.29 is 19.1 Å². The smallest absolute Gasteiger partial charge is 0.425 e. The summed E-state index contributed by atoms with van der Waals surface area (Å²) in [6, 6.07) is 13.4. The number of fused-ring (bicyclic) bond motifs is 1. The van der Waals surface area contributed by atoms with E-state index in [1.807, 2.05) is 42.5 Å². The quantitative estimate of drug-likeness (QED) is 0.543. The lowest BCUT2D eigenvalue weighted by Crippen LogP contribution is -2.44. The Labute approximate surface area is 168 Å². The van der Waals surface area contributed by atoms with Crippen LogP contribution in [0, 0.1) is 0 Å². The molecular weight excluding hydrogens is 376 g/mol. The van der Waals surface area contributed by atoms with Crippen LogP contribution in [0.15, 0.2) is 47.4 Å². The number of carbonyl (C=O) groups is 3. The number of amides is 4. The molecule has 1 saturated heterocycles. The first-order valence-corrected chi connectivity index (χ1v) is 10.00. The van der Waals surface area contributed by atoms with E-state index in [4.69, 9.17) is 4.74 Å². The number of benzene rings is 2. The first-order chi connectivity index (χ1) is 13.0. The fourth-order valence-corrected chi connectivity index (χ4v) is 4.00. The maximum Gasteiger partial charge on any atom is 0.425 e. The Morgan fingerprint density at radius 2 is 1.71 bits per heavy atom. The van der Waals surface area contributed by atoms with Crippen molar-refractivity contribution >= 4 is 40.6 Å². The summed E-state index contributed by atoms with van der Waals surface area (Å²) in [5.41, 5.74) is -1.92. The molecule has 0 aromatic heterocycles. The third-order valence-corrected chi connectivity index (χ3v) is 5.46. The molecule has 6 nitrogen and oxygen atoms in total. The van der Waals surface area contributed by atoms with Gasteiger partial charge < -0.3 is 9.64 Å². The van der Waals surface area contributed by atoms with Crippen LogP contribution in [-0.2, 0) is 9.53 Å². The highest BCUT2D eigenvalue weighted by molar-refractivity contribution is 7.99. The number of ether oxygens (including phenoxy) is 1. The topological polar surface area (TPSA) is 66.9 Å². The molecule has 2 aromatic rings. The van der Waals surface area contributed by atoms with Gasteiger partial charge in [0.15, 0.2) is 0 Å². The summed E-state index contributed by atoms with van der Waals surface area (Å²) in [4.78, 5) is 40.9. The predicted octanol–water partition coefficient (Wildman–Crippen LogP) is 4.87. The van der Waals surface area contributed by atoms with Gasteiger partial charge in [-0.15, -0.1) is 11.8 Å². The predicted molar refractivity (Wildman–Crippen MR) is 109 cm³/mol.